The Bertz CT molecular complexity index is 335. The van der Waals surface area contributed by atoms with Crippen LogP contribution in [0.2, 0.25) is 0 Å². The quantitative estimate of drug-likeness (QED) is 0.809. The molecule has 0 amide bonds. The Kier molecular flexibility index (Phi) is 2.94. The Morgan fingerprint density at radius 3 is 2.86 bits per heavy atom. The van der Waals surface area contributed by atoms with Crippen LogP contribution < -0.4 is 5.32 Å². The molecule has 0 radical (unpaired) electrons. The smallest absolute Gasteiger partial charge is 0.199 e. The van der Waals surface area contributed by atoms with Gasteiger partial charge < -0.3 is 5.32 Å². The molecule has 1 aliphatic carbocycles. The maximum atomic E-state index is 8.75. The monoisotopic (exact) mass is 208 g/mol. The molecule has 4 nitrogen and oxygen atoms in total. The van der Waals surface area contributed by atoms with Gasteiger partial charge in [0.25, 0.3) is 0 Å². The largest absolute Gasteiger partial charge is 0.370 e. The van der Waals surface area contributed by atoms with Gasteiger partial charge in [-0.25, -0.2) is 0 Å². The minimum atomic E-state index is 0.431. The third-order valence-corrected chi connectivity index (χ3v) is 3.19. The number of aromatic nitrogens is 2. The highest BCUT2D eigenvalue weighted by Crippen LogP contribution is 2.24. The molecule has 0 atom stereocenters. The van der Waals surface area contributed by atoms with Crippen LogP contribution in [0.5, 0.6) is 0 Å². The average molecular weight is 208 g/mol. The molecule has 1 saturated carbocycles. The second kappa shape index (κ2) is 4.38. The van der Waals surface area contributed by atoms with Crippen LogP contribution in [0.1, 0.15) is 37.8 Å². The summed E-state index contributed by atoms with van der Waals surface area (Å²) >= 11 is 1.27. The fourth-order valence-corrected chi connectivity index (χ4v) is 2.39. The van der Waals surface area contributed by atoms with Gasteiger partial charge in [0.2, 0.25) is 0 Å². The molecule has 1 N–H and O–H groups in total. The minimum absolute atomic E-state index is 0.431. The summed E-state index contributed by atoms with van der Waals surface area (Å²) in [7, 11) is 0. The topological polar surface area (TPSA) is 61.6 Å². The van der Waals surface area contributed by atoms with Crippen molar-refractivity contribution < 1.29 is 0 Å². The fourth-order valence-electron chi connectivity index (χ4n) is 1.79. The van der Waals surface area contributed by atoms with E-state index in [0.29, 0.717) is 11.7 Å². The van der Waals surface area contributed by atoms with Gasteiger partial charge in [-0.15, -0.1) is 5.10 Å². The Labute approximate surface area is 87.1 Å². The van der Waals surface area contributed by atoms with Crippen molar-refractivity contribution in [3.05, 3.63) is 5.69 Å². The summed E-state index contributed by atoms with van der Waals surface area (Å²) in [5.74, 6) is 0. The highest BCUT2D eigenvalue weighted by Gasteiger charge is 2.16. The second-order valence-corrected chi connectivity index (χ2v) is 4.30. The first-order valence-corrected chi connectivity index (χ1v) is 5.66. The van der Waals surface area contributed by atoms with E-state index in [0.717, 1.165) is 5.00 Å². The van der Waals surface area contributed by atoms with Crippen LogP contribution in [0.3, 0.4) is 0 Å². The third kappa shape index (κ3) is 2.02. The first-order chi connectivity index (χ1) is 6.90. The van der Waals surface area contributed by atoms with Crippen LogP contribution in [0.25, 0.3) is 0 Å². The summed E-state index contributed by atoms with van der Waals surface area (Å²) in [6.07, 6.45) is 6.30. The van der Waals surface area contributed by atoms with E-state index >= 15 is 0 Å². The second-order valence-electron chi connectivity index (χ2n) is 3.54. The molecule has 14 heavy (non-hydrogen) atoms. The van der Waals surface area contributed by atoms with E-state index < -0.39 is 0 Å². The molecule has 2 rings (SSSR count). The van der Waals surface area contributed by atoms with Crippen LogP contribution in [-0.4, -0.2) is 15.6 Å². The molecule has 5 heteroatoms. The van der Waals surface area contributed by atoms with Crippen LogP contribution in [-0.2, 0) is 0 Å². The lowest BCUT2D eigenvalue weighted by atomic mass is 9.96. The van der Waals surface area contributed by atoms with Crippen molar-refractivity contribution in [3.63, 3.8) is 0 Å². The van der Waals surface area contributed by atoms with E-state index in [1.54, 1.807) is 0 Å². The van der Waals surface area contributed by atoms with E-state index in [-0.39, 0.29) is 0 Å². The predicted octanol–water partition coefficient (Wildman–Crippen LogP) is 2.15. The summed E-state index contributed by atoms with van der Waals surface area (Å²) in [6, 6.07) is 2.55. The van der Waals surface area contributed by atoms with Crippen molar-refractivity contribution in [2.24, 2.45) is 0 Å². The van der Waals surface area contributed by atoms with Gasteiger partial charge in [0.05, 0.1) is 0 Å². The van der Waals surface area contributed by atoms with Crippen LogP contribution in [0.4, 0.5) is 5.00 Å². The Morgan fingerprint density at radius 2 is 2.14 bits per heavy atom. The van der Waals surface area contributed by atoms with E-state index in [1.165, 1.54) is 43.6 Å². The normalized spacial score (nSPS) is 17.6. The van der Waals surface area contributed by atoms with Crippen molar-refractivity contribution in [2.45, 2.75) is 38.1 Å². The third-order valence-electron chi connectivity index (χ3n) is 2.53. The van der Waals surface area contributed by atoms with Crippen molar-refractivity contribution in [1.29, 1.82) is 5.26 Å². The average Bonchev–Trinajstić information content (AvgIpc) is 2.67. The highest BCUT2D eigenvalue weighted by molar-refractivity contribution is 7.10. The van der Waals surface area contributed by atoms with Crippen molar-refractivity contribution >= 4 is 16.5 Å². The maximum Gasteiger partial charge on any atom is 0.199 e. The Hall–Kier alpha value is -1.15. The molecule has 1 fully saturated rings. The molecular formula is C9H12N4S. The van der Waals surface area contributed by atoms with Crippen molar-refractivity contribution in [1.82, 2.24) is 9.59 Å². The van der Waals surface area contributed by atoms with Crippen LogP contribution in [0, 0.1) is 11.3 Å². The molecule has 74 valence electrons. The van der Waals surface area contributed by atoms with E-state index in [4.69, 9.17) is 5.26 Å². The Morgan fingerprint density at radius 1 is 1.36 bits per heavy atom. The number of hydrogen-bond acceptors (Lipinski definition) is 5. The number of nitrogens with zero attached hydrogens (tertiary/aromatic N) is 3. The van der Waals surface area contributed by atoms with Crippen molar-refractivity contribution in [2.75, 3.05) is 5.32 Å². The van der Waals surface area contributed by atoms with Gasteiger partial charge in [0.15, 0.2) is 5.69 Å². The van der Waals surface area contributed by atoms with Gasteiger partial charge in [-0.1, -0.05) is 23.8 Å². The lowest BCUT2D eigenvalue weighted by Gasteiger charge is -2.22. The first-order valence-electron chi connectivity index (χ1n) is 4.89. The summed E-state index contributed by atoms with van der Waals surface area (Å²) in [5, 5.41) is 16.7. The standard InChI is InChI=1S/C9H12N4S/c10-6-8-9(14-13-12-8)11-7-4-2-1-3-5-7/h7,11H,1-5H2. The summed E-state index contributed by atoms with van der Waals surface area (Å²) < 4.78 is 3.77. The molecular weight excluding hydrogens is 196 g/mol. The number of hydrogen-bond donors (Lipinski definition) is 1. The zero-order valence-electron chi connectivity index (χ0n) is 7.86. The molecule has 1 aromatic rings. The molecule has 0 aromatic carbocycles. The lowest BCUT2D eigenvalue weighted by Crippen LogP contribution is -2.22. The molecule has 0 aliphatic heterocycles. The lowest BCUT2D eigenvalue weighted by molar-refractivity contribution is 0.463. The fraction of sp³-hybridized carbons (Fsp3) is 0.667. The number of nitriles is 1. The van der Waals surface area contributed by atoms with Gasteiger partial charge >= 0.3 is 0 Å². The molecule has 0 bridgehead atoms. The summed E-state index contributed by atoms with van der Waals surface area (Å²) in [5.41, 5.74) is 0.431. The molecule has 0 saturated heterocycles. The van der Waals surface area contributed by atoms with E-state index in [9.17, 15) is 0 Å². The molecule has 1 aromatic heterocycles. The maximum absolute atomic E-state index is 8.75. The molecule has 1 heterocycles. The van der Waals surface area contributed by atoms with Gasteiger partial charge in [-0.3, -0.25) is 0 Å². The van der Waals surface area contributed by atoms with Crippen LogP contribution in [0.15, 0.2) is 0 Å². The SMILES string of the molecule is N#Cc1nnsc1NC1CCCCC1. The molecule has 1 aliphatic rings. The Balaban J connectivity index is 1.99. The number of anilines is 1. The van der Waals surface area contributed by atoms with Crippen molar-refractivity contribution in [3.8, 4) is 6.07 Å². The van der Waals surface area contributed by atoms with Crippen LogP contribution >= 0.6 is 11.5 Å². The van der Waals surface area contributed by atoms with E-state index in [1.807, 2.05) is 6.07 Å². The predicted molar refractivity (Wildman–Crippen MR) is 55.1 cm³/mol. The number of rotatable bonds is 2. The molecule has 0 unspecified atom stereocenters. The molecule has 0 spiro atoms. The minimum Gasteiger partial charge on any atom is -0.370 e. The van der Waals surface area contributed by atoms with Gasteiger partial charge in [0, 0.05) is 17.6 Å². The van der Waals surface area contributed by atoms with E-state index in [2.05, 4.69) is 14.9 Å². The van der Waals surface area contributed by atoms with Gasteiger partial charge in [0.1, 0.15) is 11.1 Å². The first kappa shape index (κ1) is 9.41. The zero-order chi connectivity index (χ0) is 9.80. The van der Waals surface area contributed by atoms with Gasteiger partial charge in [-0.2, -0.15) is 5.26 Å². The van der Waals surface area contributed by atoms with Gasteiger partial charge in [-0.05, 0) is 12.8 Å². The summed E-state index contributed by atoms with van der Waals surface area (Å²) in [6.45, 7) is 0. The summed E-state index contributed by atoms with van der Waals surface area (Å²) in [4.78, 5) is 0. The zero-order valence-corrected chi connectivity index (χ0v) is 8.68. The number of nitrogens with one attached hydrogen (secondary N) is 1. The highest BCUT2D eigenvalue weighted by atomic mass is 32.1.